The maximum atomic E-state index is 12.8. The average Bonchev–Trinajstić information content (AvgIpc) is 2.73. The highest BCUT2D eigenvalue weighted by Crippen LogP contribution is 2.44. The van der Waals surface area contributed by atoms with Crippen LogP contribution in [0.3, 0.4) is 0 Å². The van der Waals surface area contributed by atoms with Gasteiger partial charge in [-0.3, -0.25) is 9.59 Å². The topological polar surface area (TPSA) is 49.4 Å². The zero-order chi connectivity index (χ0) is 21.8. The SMILES string of the molecule is CCCCNc1ccccc1SSc1ccccc1N(CCCC)C(=O)CC(C)=O. The molecule has 6 heteroatoms. The van der Waals surface area contributed by atoms with Gasteiger partial charge in [0.25, 0.3) is 0 Å². The van der Waals surface area contributed by atoms with Gasteiger partial charge in [0.05, 0.1) is 12.1 Å². The minimum absolute atomic E-state index is 0.0555. The Balaban J connectivity index is 2.19. The third-order valence-electron chi connectivity index (χ3n) is 4.55. The van der Waals surface area contributed by atoms with Crippen molar-refractivity contribution in [3.63, 3.8) is 0 Å². The van der Waals surface area contributed by atoms with Crippen LogP contribution in [0.2, 0.25) is 0 Å². The van der Waals surface area contributed by atoms with E-state index >= 15 is 0 Å². The van der Waals surface area contributed by atoms with Crippen molar-refractivity contribution < 1.29 is 9.59 Å². The lowest BCUT2D eigenvalue weighted by Gasteiger charge is -2.24. The molecule has 0 atom stereocenters. The fourth-order valence-corrected chi connectivity index (χ4v) is 5.27. The van der Waals surface area contributed by atoms with Crippen LogP contribution in [0.4, 0.5) is 11.4 Å². The second-order valence-corrected chi connectivity index (χ2v) is 9.40. The van der Waals surface area contributed by atoms with E-state index in [-0.39, 0.29) is 18.1 Å². The number of benzene rings is 2. The van der Waals surface area contributed by atoms with Crippen molar-refractivity contribution in [3.05, 3.63) is 48.5 Å². The Hall–Kier alpha value is -1.92. The predicted molar refractivity (Wildman–Crippen MR) is 131 cm³/mol. The number of hydrogen-bond donors (Lipinski definition) is 1. The minimum Gasteiger partial charge on any atom is -0.384 e. The van der Waals surface area contributed by atoms with E-state index in [4.69, 9.17) is 0 Å². The maximum Gasteiger partial charge on any atom is 0.234 e. The molecule has 162 valence electrons. The van der Waals surface area contributed by atoms with E-state index in [1.54, 1.807) is 26.5 Å². The predicted octanol–water partition coefficient (Wildman–Crippen LogP) is 6.81. The first-order valence-corrected chi connectivity index (χ1v) is 12.8. The third kappa shape index (κ3) is 7.73. The number of ketones is 1. The molecule has 1 amide bonds. The lowest BCUT2D eigenvalue weighted by Crippen LogP contribution is -2.33. The minimum atomic E-state index is -0.129. The van der Waals surface area contributed by atoms with Gasteiger partial charge in [0.1, 0.15) is 5.78 Å². The molecule has 0 aromatic heterocycles. The van der Waals surface area contributed by atoms with Gasteiger partial charge < -0.3 is 10.2 Å². The van der Waals surface area contributed by atoms with Crippen LogP contribution in [0.15, 0.2) is 58.3 Å². The molecule has 0 unspecified atom stereocenters. The Kier molecular flexibility index (Phi) is 10.9. The standard InChI is InChI=1S/C24H32N2O2S2/c1-4-6-16-25-20-12-8-10-14-22(20)29-30-23-15-11-9-13-21(23)26(17-7-5-2)24(28)18-19(3)27/h8-15,25H,4-7,16-18H2,1-3H3. The molecule has 0 radical (unpaired) electrons. The highest BCUT2D eigenvalue weighted by molar-refractivity contribution is 8.76. The van der Waals surface area contributed by atoms with Crippen molar-refractivity contribution in [2.75, 3.05) is 23.3 Å². The van der Waals surface area contributed by atoms with Crippen LogP contribution in [-0.4, -0.2) is 24.8 Å². The molecule has 0 aliphatic rings. The summed E-state index contributed by atoms with van der Waals surface area (Å²) in [7, 11) is 3.34. The number of carbonyl (C=O) groups excluding carboxylic acids is 2. The smallest absolute Gasteiger partial charge is 0.234 e. The lowest BCUT2D eigenvalue weighted by atomic mass is 10.2. The summed E-state index contributed by atoms with van der Waals surface area (Å²) < 4.78 is 0. The van der Waals surface area contributed by atoms with Gasteiger partial charge in [-0.15, -0.1) is 0 Å². The van der Waals surface area contributed by atoms with E-state index in [0.29, 0.717) is 6.54 Å². The monoisotopic (exact) mass is 444 g/mol. The fraction of sp³-hybridized carbons (Fsp3) is 0.417. The highest BCUT2D eigenvalue weighted by atomic mass is 33.1. The molecule has 2 aromatic rings. The molecule has 0 saturated carbocycles. The van der Waals surface area contributed by atoms with E-state index in [0.717, 1.165) is 48.5 Å². The Bertz CT molecular complexity index is 826. The number of nitrogens with one attached hydrogen (secondary N) is 1. The first-order valence-electron chi connectivity index (χ1n) is 10.6. The molecule has 0 fully saturated rings. The van der Waals surface area contributed by atoms with E-state index in [1.165, 1.54) is 11.8 Å². The number of carbonyl (C=O) groups is 2. The van der Waals surface area contributed by atoms with Gasteiger partial charge in [-0.1, -0.05) is 72.5 Å². The van der Waals surface area contributed by atoms with Crippen LogP contribution in [0.1, 0.15) is 52.9 Å². The Labute approximate surface area is 188 Å². The normalized spacial score (nSPS) is 10.6. The second kappa shape index (κ2) is 13.4. The number of amides is 1. The molecule has 4 nitrogen and oxygen atoms in total. The average molecular weight is 445 g/mol. The molecule has 0 aliphatic carbocycles. The van der Waals surface area contributed by atoms with Gasteiger partial charge in [-0.2, -0.15) is 0 Å². The largest absolute Gasteiger partial charge is 0.384 e. The summed E-state index contributed by atoms with van der Waals surface area (Å²) in [5, 5.41) is 3.52. The van der Waals surface area contributed by atoms with Crippen molar-refractivity contribution in [2.24, 2.45) is 0 Å². The molecule has 2 rings (SSSR count). The number of rotatable bonds is 13. The second-order valence-electron chi connectivity index (χ2n) is 7.19. The van der Waals surface area contributed by atoms with Crippen molar-refractivity contribution in [3.8, 4) is 0 Å². The van der Waals surface area contributed by atoms with Crippen LogP contribution < -0.4 is 10.2 Å². The highest BCUT2D eigenvalue weighted by Gasteiger charge is 2.20. The van der Waals surface area contributed by atoms with Crippen molar-refractivity contribution in [2.45, 2.75) is 62.7 Å². The summed E-state index contributed by atoms with van der Waals surface area (Å²) in [5.41, 5.74) is 2.02. The van der Waals surface area contributed by atoms with Crippen molar-refractivity contribution >= 4 is 44.7 Å². The van der Waals surface area contributed by atoms with Crippen LogP contribution in [0, 0.1) is 0 Å². The molecule has 1 N–H and O–H groups in total. The van der Waals surface area contributed by atoms with Gasteiger partial charge in [0.2, 0.25) is 5.91 Å². The quantitative estimate of drug-likeness (QED) is 0.209. The molecule has 0 saturated heterocycles. The van der Waals surface area contributed by atoms with Gasteiger partial charge in [-0.25, -0.2) is 0 Å². The van der Waals surface area contributed by atoms with E-state index in [2.05, 4.69) is 31.3 Å². The molecular formula is C24H32N2O2S2. The molecule has 0 heterocycles. The van der Waals surface area contributed by atoms with Gasteiger partial charge >= 0.3 is 0 Å². The maximum absolute atomic E-state index is 12.8. The van der Waals surface area contributed by atoms with E-state index in [1.807, 2.05) is 36.4 Å². The van der Waals surface area contributed by atoms with Crippen LogP contribution in [0.25, 0.3) is 0 Å². The number of hydrogen-bond acceptors (Lipinski definition) is 5. The molecular weight excluding hydrogens is 412 g/mol. The number of anilines is 2. The zero-order valence-electron chi connectivity index (χ0n) is 18.1. The third-order valence-corrected chi connectivity index (χ3v) is 7.02. The van der Waals surface area contributed by atoms with Crippen molar-refractivity contribution in [1.29, 1.82) is 0 Å². The molecule has 2 aromatic carbocycles. The zero-order valence-corrected chi connectivity index (χ0v) is 19.8. The van der Waals surface area contributed by atoms with Gasteiger partial charge in [0, 0.05) is 28.6 Å². The van der Waals surface area contributed by atoms with E-state index < -0.39 is 0 Å². The van der Waals surface area contributed by atoms with Crippen LogP contribution in [-0.2, 0) is 9.59 Å². The Morgan fingerprint density at radius 1 is 0.900 bits per heavy atom. The molecule has 0 aliphatic heterocycles. The summed E-state index contributed by atoms with van der Waals surface area (Å²) in [6.07, 6.45) is 4.14. The summed E-state index contributed by atoms with van der Waals surface area (Å²) in [6, 6.07) is 16.3. The molecule has 30 heavy (non-hydrogen) atoms. The number of nitrogens with zero attached hydrogens (tertiary/aromatic N) is 1. The number of unbranched alkanes of at least 4 members (excludes halogenated alkanes) is 2. The number of Topliss-reactive ketones (excluding diaryl/α,β-unsaturated/α-hetero) is 1. The van der Waals surface area contributed by atoms with Crippen LogP contribution >= 0.6 is 21.6 Å². The lowest BCUT2D eigenvalue weighted by molar-refractivity contribution is -0.125. The number of para-hydroxylation sites is 2. The molecule has 0 spiro atoms. The summed E-state index contributed by atoms with van der Waals surface area (Å²) in [5.74, 6) is -0.233. The molecule has 0 bridgehead atoms. The summed E-state index contributed by atoms with van der Waals surface area (Å²) in [6.45, 7) is 7.34. The van der Waals surface area contributed by atoms with E-state index in [9.17, 15) is 9.59 Å². The fourth-order valence-electron chi connectivity index (χ4n) is 2.93. The summed E-state index contributed by atoms with van der Waals surface area (Å²) >= 11 is 0. The first-order chi connectivity index (χ1) is 14.6. The van der Waals surface area contributed by atoms with Gasteiger partial charge in [-0.05, 0) is 44.0 Å². The Morgan fingerprint density at radius 2 is 1.53 bits per heavy atom. The first kappa shape index (κ1) is 24.4. The Morgan fingerprint density at radius 3 is 2.23 bits per heavy atom. The summed E-state index contributed by atoms with van der Waals surface area (Å²) in [4.78, 5) is 28.3. The van der Waals surface area contributed by atoms with Crippen LogP contribution in [0.5, 0.6) is 0 Å². The van der Waals surface area contributed by atoms with Crippen molar-refractivity contribution in [1.82, 2.24) is 0 Å². The van der Waals surface area contributed by atoms with Gasteiger partial charge in [0.15, 0.2) is 0 Å².